The van der Waals surface area contributed by atoms with Crippen LogP contribution in [-0.4, -0.2) is 17.9 Å². The van der Waals surface area contributed by atoms with Gasteiger partial charge in [0.2, 0.25) is 0 Å². The minimum Gasteiger partial charge on any atom is -0.489 e. The molecule has 0 fully saturated rings. The maximum atomic E-state index is 12.4. The summed E-state index contributed by atoms with van der Waals surface area (Å²) >= 11 is 6.18. The monoisotopic (exact) mass is 315 g/mol. The van der Waals surface area contributed by atoms with Gasteiger partial charge in [-0.1, -0.05) is 23.7 Å². The molecule has 0 unspecified atom stereocenters. The van der Waals surface area contributed by atoms with Crippen LogP contribution in [-0.2, 0) is 0 Å². The molecule has 0 N–H and O–H groups in total. The van der Waals surface area contributed by atoms with Crippen molar-refractivity contribution < 1.29 is 14.3 Å². The topological polar surface area (TPSA) is 46.6 Å². The van der Waals surface area contributed by atoms with Gasteiger partial charge in [-0.05, 0) is 44.2 Å². The predicted molar refractivity (Wildman–Crippen MR) is 84.8 cm³/mol. The lowest BCUT2D eigenvalue weighted by Crippen LogP contribution is -2.29. The minimum absolute atomic E-state index is 0.0114. The van der Waals surface area contributed by atoms with E-state index < -0.39 is 0 Å². The Labute approximate surface area is 133 Å². The molecule has 2 aromatic carbocycles. The van der Waals surface area contributed by atoms with Crippen molar-refractivity contribution in [1.29, 1.82) is 0 Å². The second-order valence-corrected chi connectivity index (χ2v) is 5.68. The zero-order valence-corrected chi connectivity index (χ0v) is 12.9. The van der Waals surface area contributed by atoms with E-state index in [1.807, 2.05) is 13.8 Å². The number of carbonyl (C=O) groups is 2. The van der Waals surface area contributed by atoms with Crippen LogP contribution in [0, 0.1) is 0 Å². The Morgan fingerprint density at radius 2 is 1.59 bits per heavy atom. The number of hydrogen-bond acceptors (Lipinski definition) is 3. The number of halogens is 1. The van der Waals surface area contributed by atoms with Crippen LogP contribution in [0.25, 0.3) is 0 Å². The minimum atomic E-state index is -0.339. The smallest absolute Gasteiger partial charge is 0.266 e. The number of hydrogen-bond donors (Lipinski definition) is 0. The third-order valence-corrected chi connectivity index (χ3v) is 3.63. The van der Waals surface area contributed by atoms with E-state index in [0.29, 0.717) is 27.6 Å². The fourth-order valence-corrected chi connectivity index (χ4v) is 2.62. The van der Waals surface area contributed by atoms with E-state index in [9.17, 15) is 9.59 Å². The van der Waals surface area contributed by atoms with Gasteiger partial charge in [-0.2, -0.15) is 0 Å². The fraction of sp³-hybridized carbons (Fsp3) is 0.176. The number of nitrogens with zero attached hydrogens (tertiary/aromatic N) is 1. The predicted octanol–water partition coefficient (Wildman–Crippen LogP) is 3.93. The average Bonchev–Trinajstić information content (AvgIpc) is 2.73. The van der Waals surface area contributed by atoms with Gasteiger partial charge in [0.1, 0.15) is 5.75 Å². The molecule has 2 aromatic rings. The van der Waals surface area contributed by atoms with Gasteiger partial charge in [-0.15, -0.1) is 0 Å². The molecule has 3 rings (SSSR count). The summed E-state index contributed by atoms with van der Waals surface area (Å²) < 4.78 is 5.56. The number of carbonyl (C=O) groups excluding carboxylic acids is 2. The summed E-state index contributed by atoms with van der Waals surface area (Å²) in [4.78, 5) is 26.0. The molecule has 0 spiro atoms. The summed E-state index contributed by atoms with van der Waals surface area (Å²) in [5, 5.41) is 0.364. The fourth-order valence-electron chi connectivity index (χ4n) is 2.40. The van der Waals surface area contributed by atoms with Crippen molar-refractivity contribution in [1.82, 2.24) is 0 Å². The van der Waals surface area contributed by atoms with Crippen molar-refractivity contribution in [3.63, 3.8) is 0 Å². The largest absolute Gasteiger partial charge is 0.489 e. The molecule has 4 nitrogen and oxygen atoms in total. The summed E-state index contributed by atoms with van der Waals surface area (Å²) in [5.74, 6) is -0.152. The summed E-state index contributed by atoms with van der Waals surface area (Å²) in [6.07, 6.45) is -0.0114. The average molecular weight is 316 g/mol. The van der Waals surface area contributed by atoms with Crippen molar-refractivity contribution in [3.8, 4) is 5.75 Å². The first kappa shape index (κ1) is 14.6. The number of fused-ring (bicyclic) bond motifs is 1. The highest BCUT2D eigenvalue weighted by atomic mass is 35.5. The molecular weight excluding hydrogens is 302 g/mol. The van der Waals surface area contributed by atoms with E-state index in [1.165, 1.54) is 0 Å². The van der Waals surface area contributed by atoms with E-state index >= 15 is 0 Å². The molecule has 2 amide bonds. The third kappa shape index (κ3) is 2.35. The van der Waals surface area contributed by atoms with Gasteiger partial charge in [0.15, 0.2) is 0 Å². The lowest BCUT2D eigenvalue weighted by molar-refractivity contribution is 0.0926. The van der Waals surface area contributed by atoms with Gasteiger partial charge in [0.25, 0.3) is 11.8 Å². The van der Waals surface area contributed by atoms with Crippen molar-refractivity contribution >= 4 is 29.1 Å². The highest BCUT2D eigenvalue weighted by Gasteiger charge is 2.36. The molecule has 112 valence electrons. The molecule has 0 saturated heterocycles. The quantitative estimate of drug-likeness (QED) is 0.806. The second kappa shape index (κ2) is 5.46. The molecule has 1 aliphatic rings. The molecule has 0 aliphatic carbocycles. The standard InChI is InChI=1S/C17H14ClNO3/c1-10(2)22-15-8-7-11(9-14(15)18)19-16(20)12-5-3-4-6-13(12)17(19)21/h3-10H,1-2H3. The molecular formula is C17H14ClNO3. The van der Waals surface area contributed by atoms with Crippen LogP contribution < -0.4 is 9.64 Å². The number of anilines is 1. The van der Waals surface area contributed by atoms with Gasteiger partial charge >= 0.3 is 0 Å². The summed E-state index contributed by atoms with van der Waals surface area (Å²) in [7, 11) is 0. The summed E-state index contributed by atoms with van der Waals surface area (Å²) in [5.41, 5.74) is 1.25. The Bertz CT molecular complexity index is 735. The number of amides is 2. The van der Waals surface area contributed by atoms with Crippen molar-refractivity contribution in [2.75, 3.05) is 4.90 Å². The van der Waals surface area contributed by atoms with Crippen LogP contribution in [0.1, 0.15) is 34.6 Å². The van der Waals surface area contributed by atoms with Crippen LogP contribution >= 0.6 is 11.6 Å². The SMILES string of the molecule is CC(C)Oc1ccc(N2C(=O)c3ccccc3C2=O)cc1Cl. The Kier molecular flexibility index (Phi) is 3.62. The van der Waals surface area contributed by atoms with Crippen LogP contribution in [0.15, 0.2) is 42.5 Å². The highest BCUT2D eigenvalue weighted by molar-refractivity contribution is 6.36. The molecule has 0 atom stereocenters. The molecule has 1 heterocycles. The van der Waals surface area contributed by atoms with Crippen molar-refractivity contribution in [2.45, 2.75) is 20.0 Å². The Balaban J connectivity index is 1.98. The molecule has 0 aromatic heterocycles. The van der Waals surface area contributed by atoms with E-state index in [-0.39, 0.29) is 17.9 Å². The van der Waals surface area contributed by atoms with E-state index in [2.05, 4.69) is 0 Å². The first-order valence-corrected chi connectivity index (χ1v) is 7.31. The van der Waals surface area contributed by atoms with Crippen LogP contribution in [0.5, 0.6) is 5.75 Å². The van der Waals surface area contributed by atoms with Crippen molar-refractivity contribution in [2.24, 2.45) is 0 Å². The first-order valence-electron chi connectivity index (χ1n) is 6.93. The highest BCUT2D eigenvalue weighted by Crippen LogP contribution is 2.34. The van der Waals surface area contributed by atoms with E-state index in [4.69, 9.17) is 16.3 Å². The van der Waals surface area contributed by atoms with Crippen LogP contribution in [0.3, 0.4) is 0 Å². The molecule has 5 heteroatoms. The molecule has 0 radical (unpaired) electrons. The maximum absolute atomic E-state index is 12.4. The lowest BCUT2D eigenvalue weighted by atomic mass is 10.1. The number of benzene rings is 2. The zero-order chi connectivity index (χ0) is 15.9. The Hall–Kier alpha value is -2.33. The molecule has 22 heavy (non-hydrogen) atoms. The van der Waals surface area contributed by atoms with Gasteiger partial charge in [0, 0.05) is 0 Å². The normalized spacial score (nSPS) is 13.7. The maximum Gasteiger partial charge on any atom is 0.266 e. The number of ether oxygens (including phenoxy) is 1. The number of imide groups is 1. The van der Waals surface area contributed by atoms with Crippen molar-refractivity contribution in [3.05, 3.63) is 58.6 Å². The Morgan fingerprint density at radius 3 is 2.09 bits per heavy atom. The summed E-state index contributed by atoms with van der Waals surface area (Å²) in [6, 6.07) is 11.7. The molecule has 0 saturated carbocycles. The van der Waals surface area contributed by atoms with Gasteiger partial charge in [0.05, 0.1) is 27.9 Å². The van der Waals surface area contributed by atoms with Gasteiger partial charge in [-0.25, -0.2) is 4.90 Å². The van der Waals surface area contributed by atoms with Crippen LogP contribution in [0.2, 0.25) is 5.02 Å². The lowest BCUT2D eigenvalue weighted by Gasteiger charge is -2.16. The Morgan fingerprint density at radius 1 is 1.00 bits per heavy atom. The van der Waals surface area contributed by atoms with Gasteiger partial charge in [-0.3, -0.25) is 9.59 Å². The number of rotatable bonds is 3. The van der Waals surface area contributed by atoms with E-state index in [0.717, 1.165) is 4.90 Å². The molecule has 0 bridgehead atoms. The molecule has 1 aliphatic heterocycles. The summed E-state index contributed by atoms with van der Waals surface area (Å²) in [6.45, 7) is 3.79. The second-order valence-electron chi connectivity index (χ2n) is 5.27. The third-order valence-electron chi connectivity index (χ3n) is 3.33. The first-order chi connectivity index (χ1) is 10.5. The van der Waals surface area contributed by atoms with Gasteiger partial charge < -0.3 is 4.74 Å². The zero-order valence-electron chi connectivity index (χ0n) is 12.2. The van der Waals surface area contributed by atoms with E-state index in [1.54, 1.807) is 42.5 Å². The van der Waals surface area contributed by atoms with Crippen LogP contribution in [0.4, 0.5) is 5.69 Å².